The number of benzene rings is 3. The van der Waals surface area contributed by atoms with Crippen molar-refractivity contribution in [3.63, 3.8) is 0 Å². The lowest BCUT2D eigenvalue weighted by atomic mass is 9.88. The zero-order chi connectivity index (χ0) is 19.8. The van der Waals surface area contributed by atoms with Gasteiger partial charge in [-0.2, -0.15) is 0 Å². The van der Waals surface area contributed by atoms with Crippen molar-refractivity contribution in [1.82, 2.24) is 4.90 Å². The molecule has 0 amide bonds. The molecule has 144 valence electrons. The summed E-state index contributed by atoms with van der Waals surface area (Å²) in [5.41, 5.74) is 6.37. The lowest BCUT2D eigenvalue weighted by Crippen LogP contribution is -2.19. The molecular weight excluding hydrogens is 344 g/mol. The fourth-order valence-electron chi connectivity index (χ4n) is 3.35. The van der Waals surface area contributed by atoms with Gasteiger partial charge < -0.3 is 9.64 Å². The van der Waals surface area contributed by atoms with E-state index in [1.165, 1.54) is 27.8 Å². The van der Waals surface area contributed by atoms with Gasteiger partial charge in [-0.25, -0.2) is 0 Å². The lowest BCUT2D eigenvalue weighted by molar-refractivity contribution is 0.261. The van der Waals surface area contributed by atoms with Crippen LogP contribution in [-0.4, -0.2) is 32.1 Å². The van der Waals surface area contributed by atoms with Crippen LogP contribution in [0.2, 0.25) is 0 Å². The van der Waals surface area contributed by atoms with E-state index in [4.69, 9.17) is 4.74 Å². The summed E-state index contributed by atoms with van der Waals surface area (Å²) in [6.45, 7) is 3.83. The predicted molar refractivity (Wildman–Crippen MR) is 120 cm³/mol. The Balaban J connectivity index is 2.00. The molecule has 3 aromatic carbocycles. The van der Waals surface area contributed by atoms with Crippen molar-refractivity contribution in [3.05, 3.63) is 102 Å². The van der Waals surface area contributed by atoms with Gasteiger partial charge in [0.25, 0.3) is 0 Å². The van der Waals surface area contributed by atoms with E-state index in [-0.39, 0.29) is 0 Å². The Bertz CT molecular complexity index is 881. The SMILES string of the molecule is CC/C(=C(/c1ccccc1)c1ccc(OCCN([13CH3])[13CH3])cc1)c1ccccc1. The molecule has 3 rings (SSSR count). The van der Waals surface area contributed by atoms with Crippen molar-refractivity contribution in [2.24, 2.45) is 0 Å². The van der Waals surface area contributed by atoms with Crippen molar-refractivity contribution < 1.29 is 4.74 Å². The molecule has 0 atom stereocenters. The average molecular weight is 374 g/mol. The second kappa shape index (κ2) is 9.91. The van der Waals surface area contributed by atoms with Crippen molar-refractivity contribution in [2.75, 3.05) is 27.2 Å². The second-order valence-electron chi connectivity index (χ2n) is 7.12. The lowest BCUT2D eigenvalue weighted by Gasteiger charge is -2.17. The second-order valence-corrected chi connectivity index (χ2v) is 7.12. The number of likely N-dealkylation sites (N-methyl/N-ethyl adjacent to an activating group) is 1. The van der Waals surface area contributed by atoms with Gasteiger partial charge in [-0.3, -0.25) is 0 Å². The van der Waals surface area contributed by atoms with Gasteiger partial charge in [0.05, 0.1) is 0 Å². The molecule has 0 saturated heterocycles. The average Bonchev–Trinajstić information content (AvgIpc) is 2.73. The molecule has 2 nitrogen and oxygen atoms in total. The molecule has 0 N–H and O–H groups in total. The van der Waals surface area contributed by atoms with Gasteiger partial charge in [-0.15, -0.1) is 0 Å². The van der Waals surface area contributed by atoms with E-state index in [0.29, 0.717) is 6.61 Å². The van der Waals surface area contributed by atoms with Gasteiger partial charge in [0.1, 0.15) is 12.4 Å². The highest BCUT2D eigenvalue weighted by Crippen LogP contribution is 2.34. The smallest absolute Gasteiger partial charge is 0.119 e. The first-order chi connectivity index (χ1) is 13.7. The van der Waals surface area contributed by atoms with E-state index in [1.807, 2.05) is 0 Å². The van der Waals surface area contributed by atoms with Crippen molar-refractivity contribution >= 4 is 11.1 Å². The Hall–Kier alpha value is -2.84. The van der Waals surface area contributed by atoms with Crippen LogP contribution in [0.25, 0.3) is 11.1 Å². The molecule has 28 heavy (non-hydrogen) atoms. The third-order valence-electron chi connectivity index (χ3n) is 4.79. The number of nitrogens with zero attached hydrogens (tertiary/aromatic N) is 1. The maximum atomic E-state index is 5.87. The van der Waals surface area contributed by atoms with Crippen molar-refractivity contribution in [2.45, 2.75) is 13.3 Å². The van der Waals surface area contributed by atoms with Crippen LogP contribution in [0, 0.1) is 0 Å². The topological polar surface area (TPSA) is 12.5 Å². The highest BCUT2D eigenvalue weighted by Gasteiger charge is 2.12. The largest absolute Gasteiger partial charge is 0.492 e. The summed E-state index contributed by atoms with van der Waals surface area (Å²) in [4.78, 5) is 2.12. The predicted octanol–water partition coefficient (Wildman–Crippen LogP) is 6.00. The van der Waals surface area contributed by atoms with Gasteiger partial charge in [0.15, 0.2) is 0 Å². The van der Waals surface area contributed by atoms with Gasteiger partial charge in [0.2, 0.25) is 0 Å². The summed E-state index contributed by atoms with van der Waals surface area (Å²) in [7, 11) is 4.11. The Labute approximate surface area is 169 Å². The molecule has 0 unspecified atom stereocenters. The first-order valence-corrected chi connectivity index (χ1v) is 9.91. The number of rotatable bonds is 8. The maximum Gasteiger partial charge on any atom is 0.119 e. The Kier molecular flexibility index (Phi) is 7.05. The molecule has 0 fully saturated rings. The van der Waals surface area contributed by atoms with Gasteiger partial charge in [-0.1, -0.05) is 79.7 Å². The number of ether oxygens (including phenoxy) is 1. The third kappa shape index (κ3) is 5.11. The van der Waals surface area contributed by atoms with Crippen LogP contribution in [0.15, 0.2) is 84.9 Å². The van der Waals surface area contributed by atoms with Gasteiger partial charge in [0, 0.05) is 6.54 Å². The minimum absolute atomic E-state index is 0.692. The fourth-order valence-corrected chi connectivity index (χ4v) is 3.35. The summed E-state index contributed by atoms with van der Waals surface area (Å²) in [6.07, 6.45) is 0.968. The monoisotopic (exact) mass is 373 g/mol. The Morgan fingerprint density at radius 3 is 1.79 bits per heavy atom. The molecule has 0 spiro atoms. The van der Waals surface area contributed by atoms with E-state index >= 15 is 0 Å². The number of hydrogen-bond donors (Lipinski definition) is 0. The number of allylic oxidation sites excluding steroid dienone is 1. The fraction of sp³-hybridized carbons (Fsp3) is 0.231. The third-order valence-corrected chi connectivity index (χ3v) is 4.79. The van der Waals surface area contributed by atoms with Crippen molar-refractivity contribution in [3.8, 4) is 5.75 Å². The summed E-state index contributed by atoms with van der Waals surface area (Å²) < 4.78 is 5.87. The van der Waals surface area contributed by atoms with Crippen LogP contribution in [-0.2, 0) is 0 Å². The number of hydrogen-bond acceptors (Lipinski definition) is 2. The molecule has 0 heterocycles. The molecule has 0 aliphatic rings. The summed E-state index contributed by atoms with van der Waals surface area (Å²) in [6, 6.07) is 29.8. The van der Waals surface area contributed by atoms with Crippen molar-refractivity contribution in [1.29, 1.82) is 0 Å². The Morgan fingerprint density at radius 2 is 1.25 bits per heavy atom. The quantitative estimate of drug-likeness (QED) is 0.355. The van der Waals surface area contributed by atoms with Crippen LogP contribution >= 0.6 is 0 Å². The van der Waals surface area contributed by atoms with E-state index in [9.17, 15) is 0 Å². The van der Waals surface area contributed by atoms with Crippen LogP contribution in [0.3, 0.4) is 0 Å². The molecule has 0 radical (unpaired) electrons. The van der Waals surface area contributed by atoms with Gasteiger partial charge >= 0.3 is 0 Å². The minimum Gasteiger partial charge on any atom is -0.492 e. The summed E-state index contributed by atoms with van der Waals surface area (Å²) >= 11 is 0. The molecule has 0 bridgehead atoms. The van der Waals surface area contributed by atoms with Crippen LogP contribution < -0.4 is 4.74 Å². The Morgan fingerprint density at radius 1 is 0.714 bits per heavy atom. The highest BCUT2D eigenvalue weighted by molar-refractivity contribution is 5.98. The van der Waals surface area contributed by atoms with E-state index < -0.39 is 0 Å². The molecule has 0 aromatic heterocycles. The first-order valence-electron chi connectivity index (χ1n) is 9.91. The maximum absolute atomic E-state index is 5.87. The van der Waals surface area contributed by atoms with E-state index in [2.05, 4.69) is 111 Å². The molecule has 2 heteroatoms. The molecule has 0 saturated carbocycles. The zero-order valence-corrected chi connectivity index (χ0v) is 17.1. The van der Waals surface area contributed by atoms with E-state index in [0.717, 1.165) is 18.7 Å². The van der Waals surface area contributed by atoms with Crippen LogP contribution in [0.4, 0.5) is 0 Å². The molecular formula is C26H29NO. The van der Waals surface area contributed by atoms with Gasteiger partial charge in [-0.05, 0) is 60.5 Å². The molecule has 3 aromatic rings. The van der Waals surface area contributed by atoms with Crippen LogP contribution in [0.1, 0.15) is 30.0 Å². The standard InChI is InChI=1S/C26H29NO/c1-4-25(21-11-7-5-8-12-21)26(22-13-9-6-10-14-22)23-15-17-24(18-16-23)28-20-19-27(2)3/h5-18H,4,19-20H2,1-3H3/b26-25+/i2+1,3+1. The van der Waals surface area contributed by atoms with Crippen LogP contribution in [0.5, 0.6) is 5.75 Å². The van der Waals surface area contributed by atoms with E-state index in [1.54, 1.807) is 0 Å². The summed E-state index contributed by atoms with van der Waals surface area (Å²) in [5.74, 6) is 0.913. The zero-order valence-electron chi connectivity index (χ0n) is 17.1. The highest BCUT2D eigenvalue weighted by atomic mass is 16.5. The minimum atomic E-state index is 0.692. The normalized spacial score (nSPS) is 12.0. The first kappa shape index (κ1) is 19.9. The summed E-state index contributed by atoms with van der Waals surface area (Å²) in [5, 5.41) is 0. The molecule has 0 aliphatic heterocycles. The molecule has 0 aliphatic carbocycles.